The van der Waals surface area contributed by atoms with Crippen LogP contribution in [0.4, 0.5) is 0 Å². The molecule has 0 fully saturated rings. The molecule has 5 nitrogen and oxygen atoms in total. The van der Waals surface area contributed by atoms with Crippen LogP contribution in [0.15, 0.2) is 4.52 Å². The number of hydrogen-bond donors (Lipinski definition) is 0. The van der Waals surface area contributed by atoms with Crippen LogP contribution in [0.1, 0.15) is 32.5 Å². The number of ketones is 1. The average Bonchev–Trinajstić information content (AvgIpc) is 2.61. The molecule has 16 heavy (non-hydrogen) atoms. The van der Waals surface area contributed by atoms with Gasteiger partial charge in [0, 0.05) is 18.9 Å². The second-order valence-corrected chi connectivity index (χ2v) is 4.70. The Hall–Kier alpha value is -1.23. The zero-order chi connectivity index (χ0) is 12.2. The summed E-state index contributed by atoms with van der Waals surface area (Å²) >= 11 is 0. The standard InChI is InChI=1S/C11H18N2O3/c1-11(2,3)8(14)7-10-12-9(13-16-10)5-6-15-4/h5-7H2,1-4H3. The van der Waals surface area contributed by atoms with Crippen molar-refractivity contribution < 1.29 is 14.1 Å². The molecule has 0 atom stereocenters. The first kappa shape index (κ1) is 12.8. The van der Waals surface area contributed by atoms with Gasteiger partial charge < -0.3 is 9.26 Å². The normalized spacial score (nSPS) is 11.8. The van der Waals surface area contributed by atoms with Crippen molar-refractivity contribution in [1.29, 1.82) is 0 Å². The van der Waals surface area contributed by atoms with Crippen LogP contribution in [0.25, 0.3) is 0 Å². The molecule has 0 aliphatic carbocycles. The quantitative estimate of drug-likeness (QED) is 0.759. The van der Waals surface area contributed by atoms with E-state index in [0.717, 1.165) is 0 Å². The molecule has 0 radical (unpaired) electrons. The van der Waals surface area contributed by atoms with Gasteiger partial charge in [-0.15, -0.1) is 0 Å². The highest BCUT2D eigenvalue weighted by atomic mass is 16.5. The Labute approximate surface area is 95.2 Å². The lowest BCUT2D eigenvalue weighted by Gasteiger charge is -2.14. The maximum absolute atomic E-state index is 11.7. The number of ether oxygens (including phenoxy) is 1. The lowest BCUT2D eigenvalue weighted by Crippen LogP contribution is -2.22. The summed E-state index contributed by atoms with van der Waals surface area (Å²) in [5, 5.41) is 3.77. The third kappa shape index (κ3) is 3.73. The molecule has 0 aliphatic heterocycles. The highest BCUT2D eigenvalue weighted by molar-refractivity contribution is 5.84. The van der Waals surface area contributed by atoms with Crippen LogP contribution < -0.4 is 0 Å². The summed E-state index contributed by atoms with van der Waals surface area (Å²) in [7, 11) is 1.62. The van der Waals surface area contributed by atoms with Gasteiger partial charge in [-0.1, -0.05) is 25.9 Å². The van der Waals surface area contributed by atoms with Crippen molar-refractivity contribution in [1.82, 2.24) is 10.1 Å². The van der Waals surface area contributed by atoms with Crippen LogP contribution in [-0.2, 0) is 22.4 Å². The van der Waals surface area contributed by atoms with Crippen molar-refractivity contribution in [3.63, 3.8) is 0 Å². The summed E-state index contributed by atoms with van der Waals surface area (Å²) in [4.78, 5) is 15.8. The van der Waals surface area contributed by atoms with Crippen LogP contribution in [0.3, 0.4) is 0 Å². The summed E-state index contributed by atoms with van der Waals surface area (Å²) in [5.74, 6) is 1.05. The summed E-state index contributed by atoms with van der Waals surface area (Å²) in [6.45, 7) is 6.17. The first-order valence-electron chi connectivity index (χ1n) is 5.27. The van der Waals surface area contributed by atoms with Crippen molar-refractivity contribution >= 4 is 5.78 Å². The predicted molar refractivity (Wildman–Crippen MR) is 58.0 cm³/mol. The Bertz CT molecular complexity index is 352. The van der Waals surface area contributed by atoms with E-state index in [1.54, 1.807) is 7.11 Å². The third-order valence-corrected chi connectivity index (χ3v) is 2.19. The lowest BCUT2D eigenvalue weighted by molar-refractivity contribution is -0.125. The minimum atomic E-state index is -0.374. The highest BCUT2D eigenvalue weighted by Crippen LogP contribution is 2.17. The minimum Gasteiger partial charge on any atom is -0.384 e. The van der Waals surface area contributed by atoms with E-state index >= 15 is 0 Å². The highest BCUT2D eigenvalue weighted by Gasteiger charge is 2.23. The first-order chi connectivity index (χ1) is 7.43. The molecular formula is C11H18N2O3. The van der Waals surface area contributed by atoms with Crippen molar-refractivity contribution in [2.75, 3.05) is 13.7 Å². The number of Topliss-reactive ketones (excluding diaryl/α,β-unsaturated/α-hetero) is 1. The average molecular weight is 226 g/mol. The van der Waals surface area contributed by atoms with Gasteiger partial charge in [0.25, 0.3) is 0 Å². The first-order valence-corrected chi connectivity index (χ1v) is 5.27. The SMILES string of the molecule is COCCc1noc(CC(=O)C(C)(C)C)n1. The number of aromatic nitrogens is 2. The molecule has 90 valence electrons. The second-order valence-electron chi connectivity index (χ2n) is 4.70. The zero-order valence-electron chi connectivity index (χ0n) is 10.2. The van der Waals surface area contributed by atoms with Gasteiger partial charge in [-0.3, -0.25) is 4.79 Å². The van der Waals surface area contributed by atoms with E-state index in [0.29, 0.717) is 24.7 Å². The van der Waals surface area contributed by atoms with E-state index in [1.807, 2.05) is 20.8 Å². The number of nitrogens with zero attached hydrogens (tertiary/aromatic N) is 2. The number of carbonyl (C=O) groups excluding carboxylic acids is 1. The number of hydrogen-bond acceptors (Lipinski definition) is 5. The lowest BCUT2D eigenvalue weighted by atomic mass is 9.89. The fourth-order valence-electron chi connectivity index (χ4n) is 1.06. The molecule has 0 spiro atoms. The number of carbonyl (C=O) groups is 1. The molecular weight excluding hydrogens is 208 g/mol. The van der Waals surface area contributed by atoms with Crippen LogP contribution >= 0.6 is 0 Å². The molecule has 0 amide bonds. The Morgan fingerprint density at radius 1 is 1.44 bits per heavy atom. The molecule has 0 saturated carbocycles. The monoisotopic (exact) mass is 226 g/mol. The fraction of sp³-hybridized carbons (Fsp3) is 0.727. The fourth-order valence-corrected chi connectivity index (χ4v) is 1.06. The molecule has 0 aliphatic rings. The van der Waals surface area contributed by atoms with Gasteiger partial charge in [0.05, 0.1) is 13.0 Å². The van der Waals surface area contributed by atoms with E-state index in [9.17, 15) is 4.79 Å². The number of methoxy groups -OCH3 is 1. The summed E-state index contributed by atoms with van der Waals surface area (Å²) in [5.41, 5.74) is -0.374. The van der Waals surface area contributed by atoms with E-state index < -0.39 is 0 Å². The molecule has 0 N–H and O–H groups in total. The topological polar surface area (TPSA) is 65.2 Å². The molecule has 1 aromatic heterocycles. The van der Waals surface area contributed by atoms with E-state index in [1.165, 1.54) is 0 Å². The number of rotatable bonds is 5. The smallest absolute Gasteiger partial charge is 0.234 e. The van der Waals surface area contributed by atoms with Gasteiger partial charge in [-0.25, -0.2) is 0 Å². The van der Waals surface area contributed by atoms with Crippen molar-refractivity contribution in [2.24, 2.45) is 5.41 Å². The van der Waals surface area contributed by atoms with Crippen LogP contribution in [0.2, 0.25) is 0 Å². The molecule has 5 heteroatoms. The van der Waals surface area contributed by atoms with Gasteiger partial charge >= 0.3 is 0 Å². The Morgan fingerprint density at radius 3 is 2.69 bits per heavy atom. The van der Waals surface area contributed by atoms with Gasteiger partial charge in [-0.2, -0.15) is 4.98 Å². The van der Waals surface area contributed by atoms with Crippen LogP contribution in [-0.4, -0.2) is 29.6 Å². The zero-order valence-corrected chi connectivity index (χ0v) is 10.2. The minimum absolute atomic E-state index is 0.0921. The van der Waals surface area contributed by atoms with Crippen molar-refractivity contribution in [3.05, 3.63) is 11.7 Å². The summed E-state index contributed by atoms with van der Waals surface area (Å²) in [6.07, 6.45) is 0.799. The van der Waals surface area contributed by atoms with Crippen molar-refractivity contribution in [3.8, 4) is 0 Å². The molecule has 0 unspecified atom stereocenters. The van der Waals surface area contributed by atoms with Gasteiger partial charge in [0.15, 0.2) is 5.82 Å². The van der Waals surface area contributed by atoms with E-state index in [-0.39, 0.29) is 17.6 Å². The van der Waals surface area contributed by atoms with Crippen LogP contribution in [0, 0.1) is 5.41 Å². The van der Waals surface area contributed by atoms with Crippen LogP contribution in [0.5, 0.6) is 0 Å². The molecule has 1 rings (SSSR count). The third-order valence-electron chi connectivity index (χ3n) is 2.19. The van der Waals surface area contributed by atoms with Gasteiger partial charge in [0.1, 0.15) is 5.78 Å². The summed E-state index contributed by atoms with van der Waals surface area (Å²) in [6, 6.07) is 0. The van der Waals surface area contributed by atoms with Gasteiger partial charge in [0.2, 0.25) is 5.89 Å². The maximum atomic E-state index is 11.7. The second kappa shape index (κ2) is 5.21. The molecule has 0 bridgehead atoms. The molecule has 1 heterocycles. The maximum Gasteiger partial charge on any atom is 0.234 e. The Morgan fingerprint density at radius 2 is 2.12 bits per heavy atom. The molecule has 0 aromatic carbocycles. The Kier molecular flexibility index (Phi) is 4.18. The van der Waals surface area contributed by atoms with Gasteiger partial charge in [-0.05, 0) is 0 Å². The molecule has 1 aromatic rings. The largest absolute Gasteiger partial charge is 0.384 e. The molecule has 0 saturated heterocycles. The van der Waals surface area contributed by atoms with Crippen molar-refractivity contribution in [2.45, 2.75) is 33.6 Å². The predicted octanol–water partition coefficient (Wildman–Crippen LogP) is 1.42. The van der Waals surface area contributed by atoms with E-state index in [4.69, 9.17) is 9.26 Å². The summed E-state index contributed by atoms with van der Waals surface area (Å²) < 4.78 is 9.89. The van der Waals surface area contributed by atoms with E-state index in [2.05, 4.69) is 10.1 Å². The Balaban J connectivity index is 2.55.